The van der Waals surface area contributed by atoms with Crippen molar-refractivity contribution in [3.05, 3.63) is 95.1 Å². The maximum atomic E-state index is 12.4. The minimum Gasteiger partial charge on any atom is -0.484 e. The largest absolute Gasteiger partial charge is 0.484 e. The summed E-state index contributed by atoms with van der Waals surface area (Å²) in [6.45, 7) is 1.78. The minimum absolute atomic E-state index is 0.0171. The number of carboxylic acids is 1. The summed E-state index contributed by atoms with van der Waals surface area (Å²) in [5.74, 6) is -1.65. The molecule has 170 valence electrons. The average Bonchev–Trinajstić information content (AvgIpc) is 2.83. The number of nitrogens with zero attached hydrogens (tertiary/aromatic N) is 1. The van der Waals surface area contributed by atoms with E-state index in [0.717, 1.165) is 5.56 Å². The van der Waals surface area contributed by atoms with Gasteiger partial charge in [-0.1, -0.05) is 35.9 Å². The summed E-state index contributed by atoms with van der Waals surface area (Å²) in [4.78, 5) is 35.5. The van der Waals surface area contributed by atoms with Gasteiger partial charge in [0.2, 0.25) is 0 Å². The molecule has 3 aromatic carbocycles. The van der Waals surface area contributed by atoms with E-state index >= 15 is 0 Å². The van der Waals surface area contributed by atoms with Gasteiger partial charge in [-0.3, -0.25) is 9.59 Å². The molecular formula is C26H21N3O5. The zero-order chi connectivity index (χ0) is 24.5. The highest BCUT2D eigenvalue weighted by Crippen LogP contribution is 2.17. The highest BCUT2D eigenvalue weighted by atomic mass is 16.5. The van der Waals surface area contributed by atoms with Crippen molar-refractivity contribution < 1.29 is 24.2 Å². The molecule has 0 radical (unpaired) electrons. The van der Waals surface area contributed by atoms with Crippen LogP contribution in [-0.2, 0) is 9.59 Å². The molecule has 0 aromatic heterocycles. The summed E-state index contributed by atoms with van der Waals surface area (Å²) in [6, 6.07) is 21.5. The second-order valence-corrected chi connectivity index (χ2v) is 7.28. The molecule has 0 bridgehead atoms. The molecule has 3 aromatic rings. The lowest BCUT2D eigenvalue weighted by molar-refractivity contribution is -0.118. The summed E-state index contributed by atoms with van der Waals surface area (Å²) < 4.78 is 5.48. The van der Waals surface area contributed by atoms with Crippen LogP contribution in [0.25, 0.3) is 6.08 Å². The summed E-state index contributed by atoms with van der Waals surface area (Å²) in [6.07, 6.45) is 1.39. The van der Waals surface area contributed by atoms with Gasteiger partial charge in [-0.15, -0.1) is 0 Å². The lowest BCUT2D eigenvalue weighted by Crippen LogP contribution is -2.20. The van der Waals surface area contributed by atoms with Crippen molar-refractivity contribution in [2.24, 2.45) is 0 Å². The molecule has 8 heteroatoms. The molecule has 0 fully saturated rings. The first-order chi connectivity index (χ1) is 16.3. The molecule has 3 rings (SSSR count). The third kappa shape index (κ3) is 6.80. The van der Waals surface area contributed by atoms with Crippen LogP contribution in [0.1, 0.15) is 21.5 Å². The fraction of sp³-hybridized carbons (Fsp3) is 0.0769. The number of carbonyl (C=O) groups is 3. The van der Waals surface area contributed by atoms with Crippen molar-refractivity contribution in [1.82, 2.24) is 0 Å². The Morgan fingerprint density at radius 2 is 1.68 bits per heavy atom. The molecule has 0 aliphatic heterocycles. The van der Waals surface area contributed by atoms with Crippen LogP contribution in [0.3, 0.4) is 0 Å². The van der Waals surface area contributed by atoms with Crippen molar-refractivity contribution in [2.45, 2.75) is 6.92 Å². The number of amides is 2. The van der Waals surface area contributed by atoms with Crippen LogP contribution < -0.4 is 15.4 Å². The van der Waals surface area contributed by atoms with Crippen LogP contribution in [-0.4, -0.2) is 29.5 Å². The fourth-order valence-corrected chi connectivity index (χ4v) is 2.89. The predicted molar refractivity (Wildman–Crippen MR) is 127 cm³/mol. The van der Waals surface area contributed by atoms with Gasteiger partial charge in [0.1, 0.15) is 17.4 Å². The van der Waals surface area contributed by atoms with Gasteiger partial charge in [-0.25, -0.2) is 4.79 Å². The smallest absolute Gasteiger partial charge is 0.335 e. The molecule has 0 heterocycles. The average molecular weight is 455 g/mol. The molecule has 0 atom stereocenters. The van der Waals surface area contributed by atoms with E-state index in [1.54, 1.807) is 36.4 Å². The second kappa shape index (κ2) is 11.1. The van der Waals surface area contributed by atoms with Gasteiger partial charge in [-0.05, 0) is 61.0 Å². The Bertz CT molecular complexity index is 1270. The van der Waals surface area contributed by atoms with Crippen molar-refractivity contribution >= 4 is 35.2 Å². The van der Waals surface area contributed by atoms with Crippen LogP contribution in [0, 0.1) is 18.3 Å². The zero-order valence-corrected chi connectivity index (χ0v) is 18.2. The Balaban J connectivity index is 1.58. The molecule has 0 aliphatic rings. The van der Waals surface area contributed by atoms with Gasteiger partial charge in [-0.2, -0.15) is 5.26 Å². The fourth-order valence-electron chi connectivity index (χ4n) is 2.89. The number of anilines is 2. The SMILES string of the molecule is Cc1ccc(NC(=O)COc2ccc(/C=C(/C#N)C(=O)Nc3cccc(C(=O)O)c3)cc2)cc1. The Morgan fingerprint density at radius 1 is 0.971 bits per heavy atom. The van der Waals surface area contributed by atoms with E-state index in [9.17, 15) is 19.6 Å². The standard InChI is InChI=1S/C26H21N3O5/c1-17-5-9-21(10-6-17)28-24(30)16-34-23-11-7-18(8-12-23)13-20(15-27)25(31)29-22-4-2-3-19(14-22)26(32)33/h2-14H,16H2,1H3,(H,28,30)(H,29,31)(H,32,33)/b20-13-. The van der Waals surface area contributed by atoms with E-state index in [4.69, 9.17) is 9.84 Å². The van der Waals surface area contributed by atoms with Crippen molar-refractivity contribution in [1.29, 1.82) is 5.26 Å². The molecule has 3 N–H and O–H groups in total. The number of nitrogens with one attached hydrogen (secondary N) is 2. The quantitative estimate of drug-likeness (QED) is 0.344. The number of nitriles is 1. The molecule has 34 heavy (non-hydrogen) atoms. The Labute approximate surface area is 196 Å². The molecule has 0 spiro atoms. The monoisotopic (exact) mass is 455 g/mol. The van der Waals surface area contributed by atoms with E-state index in [0.29, 0.717) is 17.0 Å². The Hall–Kier alpha value is -4.90. The van der Waals surface area contributed by atoms with Gasteiger partial charge in [0.25, 0.3) is 11.8 Å². The predicted octanol–water partition coefficient (Wildman–Crippen LogP) is 4.26. The van der Waals surface area contributed by atoms with Gasteiger partial charge >= 0.3 is 5.97 Å². The molecule has 8 nitrogen and oxygen atoms in total. The van der Waals surface area contributed by atoms with E-state index < -0.39 is 11.9 Å². The lowest BCUT2D eigenvalue weighted by Gasteiger charge is -2.08. The summed E-state index contributed by atoms with van der Waals surface area (Å²) in [7, 11) is 0. The van der Waals surface area contributed by atoms with Gasteiger partial charge in [0.05, 0.1) is 5.56 Å². The van der Waals surface area contributed by atoms with Gasteiger partial charge in [0.15, 0.2) is 6.61 Å². The van der Waals surface area contributed by atoms with Crippen molar-refractivity contribution in [2.75, 3.05) is 17.2 Å². The third-order valence-electron chi connectivity index (χ3n) is 4.63. The van der Waals surface area contributed by atoms with E-state index in [1.807, 2.05) is 25.1 Å². The highest BCUT2D eigenvalue weighted by molar-refractivity contribution is 6.10. The van der Waals surface area contributed by atoms with E-state index in [1.165, 1.54) is 30.3 Å². The molecule has 0 unspecified atom stereocenters. The number of carboxylic acid groups (broad SMARTS) is 1. The lowest BCUT2D eigenvalue weighted by atomic mass is 10.1. The number of benzene rings is 3. The van der Waals surface area contributed by atoms with Crippen LogP contribution in [0.15, 0.2) is 78.4 Å². The second-order valence-electron chi connectivity index (χ2n) is 7.28. The zero-order valence-electron chi connectivity index (χ0n) is 18.2. The molecule has 0 aliphatic carbocycles. The van der Waals surface area contributed by atoms with Gasteiger partial charge in [0, 0.05) is 11.4 Å². The molecule has 2 amide bonds. The number of carbonyl (C=O) groups excluding carboxylic acids is 2. The maximum absolute atomic E-state index is 12.4. The number of ether oxygens (including phenoxy) is 1. The first-order valence-corrected chi connectivity index (χ1v) is 10.2. The van der Waals surface area contributed by atoms with Crippen LogP contribution in [0.2, 0.25) is 0 Å². The summed E-state index contributed by atoms with van der Waals surface area (Å²) in [5, 5.41) is 23.7. The Morgan fingerprint density at radius 3 is 2.32 bits per heavy atom. The normalized spacial score (nSPS) is 10.6. The first kappa shape index (κ1) is 23.8. The summed E-state index contributed by atoms with van der Waals surface area (Å²) >= 11 is 0. The molecule has 0 saturated heterocycles. The highest BCUT2D eigenvalue weighted by Gasteiger charge is 2.11. The topological polar surface area (TPSA) is 129 Å². The van der Waals surface area contributed by atoms with Crippen LogP contribution >= 0.6 is 0 Å². The number of aromatic carboxylic acids is 1. The number of hydrogen-bond donors (Lipinski definition) is 3. The number of rotatable bonds is 8. The number of hydrogen-bond acceptors (Lipinski definition) is 5. The van der Waals surface area contributed by atoms with Crippen LogP contribution in [0.4, 0.5) is 11.4 Å². The first-order valence-electron chi connectivity index (χ1n) is 10.2. The van der Waals surface area contributed by atoms with Crippen LogP contribution in [0.5, 0.6) is 5.75 Å². The van der Waals surface area contributed by atoms with Crippen molar-refractivity contribution in [3.63, 3.8) is 0 Å². The molecule has 0 saturated carbocycles. The van der Waals surface area contributed by atoms with Crippen molar-refractivity contribution in [3.8, 4) is 11.8 Å². The third-order valence-corrected chi connectivity index (χ3v) is 4.63. The maximum Gasteiger partial charge on any atom is 0.335 e. The molecular weight excluding hydrogens is 434 g/mol. The number of aryl methyl sites for hydroxylation is 1. The van der Waals surface area contributed by atoms with E-state index in [2.05, 4.69) is 10.6 Å². The van der Waals surface area contributed by atoms with Gasteiger partial charge < -0.3 is 20.5 Å². The summed E-state index contributed by atoms with van der Waals surface area (Å²) in [5.41, 5.74) is 2.46. The van der Waals surface area contributed by atoms with E-state index in [-0.39, 0.29) is 29.3 Å². The minimum atomic E-state index is -1.12. The Kier molecular flexibility index (Phi) is 7.76.